The van der Waals surface area contributed by atoms with Gasteiger partial charge in [0, 0.05) is 42.2 Å². The maximum atomic E-state index is 12.8. The molecule has 0 unspecified atom stereocenters. The molecule has 0 saturated heterocycles. The van der Waals surface area contributed by atoms with Crippen molar-refractivity contribution in [1.82, 2.24) is 14.3 Å². The zero-order valence-electron chi connectivity index (χ0n) is 17.7. The minimum absolute atomic E-state index is 0.166. The van der Waals surface area contributed by atoms with E-state index in [-0.39, 0.29) is 5.91 Å². The highest BCUT2D eigenvalue weighted by Crippen LogP contribution is 2.24. The van der Waals surface area contributed by atoms with Crippen LogP contribution in [0.15, 0.2) is 58.7 Å². The van der Waals surface area contributed by atoms with Crippen molar-refractivity contribution in [3.8, 4) is 11.3 Å². The van der Waals surface area contributed by atoms with Crippen LogP contribution in [-0.4, -0.2) is 26.7 Å². The number of carbonyl (C=O) groups excluding carboxylic acids is 1. The number of aromatic nitrogens is 2. The van der Waals surface area contributed by atoms with Gasteiger partial charge < -0.3 is 9.32 Å². The van der Waals surface area contributed by atoms with E-state index in [2.05, 4.69) is 61.0 Å². The van der Waals surface area contributed by atoms with Crippen molar-refractivity contribution in [3.05, 3.63) is 71.3 Å². The van der Waals surface area contributed by atoms with Gasteiger partial charge in [0.05, 0.1) is 18.5 Å². The lowest BCUT2D eigenvalue weighted by Gasteiger charge is -2.22. The van der Waals surface area contributed by atoms with Gasteiger partial charge in [-0.25, -0.2) is 4.98 Å². The van der Waals surface area contributed by atoms with Crippen LogP contribution in [0.25, 0.3) is 16.2 Å². The van der Waals surface area contributed by atoms with Crippen molar-refractivity contribution in [2.45, 2.75) is 40.2 Å². The van der Waals surface area contributed by atoms with E-state index < -0.39 is 0 Å². The van der Waals surface area contributed by atoms with Crippen molar-refractivity contribution in [1.29, 1.82) is 0 Å². The van der Waals surface area contributed by atoms with Crippen LogP contribution < -0.4 is 0 Å². The third kappa shape index (κ3) is 4.65. The predicted molar refractivity (Wildman–Crippen MR) is 121 cm³/mol. The summed E-state index contributed by atoms with van der Waals surface area (Å²) < 4.78 is 7.63. The Bertz CT molecular complexity index is 1110. The Morgan fingerprint density at radius 1 is 1.23 bits per heavy atom. The molecule has 4 rings (SSSR count). The molecule has 156 valence electrons. The summed E-state index contributed by atoms with van der Waals surface area (Å²) in [7, 11) is 0. The minimum Gasteiger partial charge on any atom is -0.467 e. The van der Waals surface area contributed by atoms with Gasteiger partial charge in [0.15, 0.2) is 4.96 Å². The predicted octanol–water partition coefficient (Wildman–Crippen LogP) is 5.58. The van der Waals surface area contributed by atoms with Crippen molar-refractivity contribution in [2.24, 2.45) is 5.92 Å². The highest BCUT2D eigenvalue weighted by molar-refractivity contribution is 7.15. The molecule has 1 amide bonds. The molecule has 0 radical (unpaired) electrons. The minimum atomic E-state index is 0.166. The molecule has 0 fully saturated rings. The number of thiazole rings is 1. The highest BCUT2D eigenvalue weighted by atomic mass is 32.1. The molecule has 3 aromatic heterocycles. The van der Waals surface area contributed by atoms with Crippen LogP contribution in [0.5, 0.6) is 0 Å². The monoisotopic (exact) mass is 421 g/mol. The van der Waals surface area contributed by atoms with Crippen LogP contribution >= 0.6 is 11.3 Å². The van der Waals surface area contributed by atoms with Crippen molar-refractivity contribution < 1.29 is 9.21 Å². The first-order valence-electron chi connectivity index (χ1n) is 10.3. The Hall–Kier alpha value is -2.86. The first kappa shape index (κ1) is 20.4. The zero-order chi connectivity index (χ0) is 21.1. The van der Waals surface area contributed by atoms with E-state index in [1.165, 1.54) is 11.3 Å². The number of amides is 1. The summed E-state index contributed by atoms with van der Waals surface area (Å²) in [5.41, 5.74) is 4.51. The summed E-state index contributed by atoms with van der Waals surface area (Å²) in [6.45, 7) is 7.39. The van der Waals surface area contributed by atoms with Crippen LogP contribution in [0, 0.1) is 12.8 Å². The Morgan fingerprint density at radius 2 is 2.03 bits per heavy atom. The molecule has 0 aliphatic heterocycles. The molecule has 0 N–H and O–H groups in total. The topological polar surface area (TPSA) is 50.8 Å². The van der Waals surface area contributed by atoms with E-state index in [0.717, 1.165) is 28.4 Å². The van der Waals surface area contributed by atoms with E-state index in [1.807, 2.05) is 17.0 Å². The number of aryl methyl sites for hydroxylation is 1. The molecule has 5 nitrogen and oxygen atoms in total. The summed E-state index contributed by atoms with van der Waals surface area (Å²) in [6, 6.07) is 12.2. The molecule has 6 heteroatoms. The second-order valence-electron chi connectivity index (χ2n) is 8.11. The van der Waals surface area contributed by atoms with Gasteiger partial charge in [0.1, 0.15) is 5.76 Å². The second kappa shape index (κ2) is 8.88. The van der Waals surface area contributed by atoms with Gasteiger partial charge in [-0.15, -0.1) is 11.3 Å². The number of fused-ring (bicyclic) bond motifs is 1. The van der Waals surface area contributed by atoms with E-state index in [4.69, 9.17) is 9.40 Å². The third-order valence-electron chi connectivity index (χ3n) is 5.13. The van der Waals surface area contributed by atoms with E-state index >= 15 is 0 Å². The normalized spacial score (nSPS) is 11.5. The number of furan rings is 1. The first-order chi connectivity index (χ1) is 14.5. The Kier molecular flexibility index (Phi) is 6.04. The van der Waals surface area contributed by atoms with Gasteiger partial charge in [0.25, 0.3) is 0 Å². The van der Waals surface area contributed by atoms with Crippen LogP contribution in [0.4, 0.5) is 0 Å². The number of benzene rings is 1. The van der Waals surface area contributed by atoms with Crippen LogP contribution in [0.1, 0.15) is 37.3 Å². The van der Waals surface area contributed by atoms with Gasteiger partial charge in [-0.1, -0.05) is 43.7 Å². The molecule has 30 heavy (non-hydrogen) atoms. The van der Waals surface area contributed by atoms with Gasteiger partial charge in [-0.2, -0.15) is 0 Å². The Balaban J connectivity index is 1.51. The van der Waals surface area contributed by atoms with Crippen molar-refractivity contribution in [3.63, 3.8) is 0 Å². The summed E-state index contributed by atoms with van der Waals surface area (Å²) in [5, 5.41) is 2.14. The molecule has 0 bridgehead atoms. The number of rotatable bonds is 8. The average molecular weight is 422 g/mol. The lowest BCUT2D eigenvalue weighted by atomic mass is 10.1. The van der Waals surface area contributed by atoms with Crippen molar-refractivity contribution >= 4 is 22.2 Å². The van der Waals surface area contributed by atoms with E-state index in [1.54, 1.807) is 17.6 Å². The average Bonchev–Trinajstić information content (AvgIpc) is 3.43. The molecule has 0 spiro atoms. The molecule has 0 aliphatic carbocycles. The molecule has 4 aromatic rings. The van der Waals surface area contributed by atoms with E-state index in [0.29, 0.717) is 25.4 Å². The van der Waals surface area contributed by atoms with Crippen LogP contribution in [-0.2, 0) is 17.8 Å². The molecular formula is C24H27N3O2S. The fraction of sp³-hybridized carbons (Fsp3) is 0.333. The van der Waals surface area contributed by atoms with Crippen LogP contribution in [0.2, 0.25) is 0 Å². The third-order valence-corrected chi connectivity index (χ3v) is 6.02. The SMILES string of the molecule is Cc1ccc(-c2cn3c(CCN(Cc4ccco4)C(=O)CC(C)C)csc3n2)cc1. The molecule has 1 aromatic carbocycles. The molecule has 0 atom stereocenters. The smallest absolute Gasteiger partial charge is 0.223 e. The second-order valence-corrected chi connectivity index (χ2v) is 8.95. The quantitative estimate of drug-likeness (QED) is 0.373. The zero-order valence-corrected chi connectivity index (χ0v) is 18.5. The maximum absolute atomic E-state index is 12.8. The summed E-state index contributed by atoms with van der Waals surface area (Å²) in [6.07, 6.45) is 5.07. The number of hydrogen-bond donors (Lipinski definition) is 0. The van der Waals surface area contributed by atoms with E-state index in [9.17, 15) is 4.79 Å². The number of hydrogen-bond acceptors (Lipinski definition) is 4. The van der Waals surface area contributed by atoms with Gasteiger partial charge in [-0.05, 0) is 25.0 Å². The molecular weight excluding hydrogens is 394 g/mol. The number of carbonyl (C=O) groups is 1. The molecule has 3 heterocycles. The molecule has 0 aliphatic rings. The van der Waals surface area contributed by atoms with Crippen LogP contribution in [0.3, 0.4) is 0 Å². The van der Waals surface area contributed by atoms with Gasteiger partial charge in [-0.3, -0.25) is 9.20 Å². The fourth-order valence-electron chi connectivity index (χ4n) is 3.48. The summed E-state index contributed by atoms with van der Waals surface area (Å²) >= 11 is 1.64. The number of nitrogens with zero attached hydrogens (tertiary/aromatic N) is 3. The molecule has 0 saturated carbocycles. The largest absolute Gasteiger partial charge is 0.467 e. The lowest BCUT2D eigenvalue weighted by Crippen LogP contribution is -2.33. The maximum Gasteiger partial charge on any atom is 0.223 e. The standard InChI is InChI=1S/C24H27N3O2S/c1-17(2)13-23(28)26(14-21-5-4-12-29-21)11-10-20-16-30-24-25-22(15-27(20)24)19-8-6-18(3)7-9-19/h4-9,12,15-17H,10-11,13-14H2,1-3H3. The summed E-state index contributed by atoms with van der Waals surface area (Å²) in [4.78, 5) is 20.5. The Morgan fingerprint density at radius 3 is 2.73 bits per heavy atom. The highest BCUT2D eigenvalue weighted by Gasteiger charge is 2.18. The van der Waals surface area contributed by atoms with Gasteiger partial charge in [0.2, 0.25) is 5.91 Å². The number of imidazole rings is 1. The van der Waals surface area contributed by atoms with Gasteiger partial charge >= 0.3 is 0 Å². The van der Waals surface area contributed by atoms with Crippen molar-refractivity contribution in [2.75, 3.05) is 6.54 Å². The first-order valence-corrected chi connectivity index (χ1v) is 11.2. The lowest BCUT2D eigenvalue weighted by molar-refractivity contribution is -0.132. The summed E-state index contributed by atoms with van der Waals surface area (Å²) in [5.74, 6) is 1.31. The Labute approximate surface area is 181 Å². The fourth-order valence-corrected chi connectivity index (χ4v) is 4.39.